The molecule has 27 heavy (non-hydrogen) atoms. The van der Waals surface area contributed by atoms with E-state index in [-0.39, 0.29) is 5.91 Å². The molecule has 2 aromatic carbocycles. The van der Waals surface area contributed by atoms with E-state index < -0.39 is 5.97 Å². The zero-order chi connectivity index (χ0) is 19.2. The van der Waals surface area contributed by atoms with E-state index in [9.17, 15) is 9.59 Å². The Bertz CT molecular complexity index is 1010. The summed E-state index contributed by atoms with van der Waals surface area (Å²) in [4.78, 5) is 28.0. The molecule has 136 valence electrons. The molecule has 0 fully saturated rings. The number of anilines is 1. The molecule has 0 aliphatic heterocycles. The minimum Gasteiger partial charge on any atom is -0.494 e. The van der Waals surface area contributed by atoms with Crippen LogP contribution in [-0.2, 0) is 9.53 Å². The quantitative estimate of drug-likeness (QED) is 0.553. The Morgan fingerprint density at radius 2 is 1.81 bits per heavy atom. The summed E-state index contributed by atoms with van der Waals surface area (Å²) in [5, 5.41) is 3.64. The van der Waals surface area contributed by atoms with Crippen molar-refractivity contribution < 1.29 is 19.1 Å². The van der Waals surface area contributed by atoms with E-state index in [1.165, 1.54) is 13.2 Å². The van der Waals surface area contributed by atoms with Crippen LogP contribution < -0.4 is 10.1 Å². The third-order valence-electron chi connectivity index (χ3n) is 3.97. The van der Waals surface area contributed by atoms with Crippen molar-refractivity contribution in [1.82, 2.24) is 4.98 Å². The summed E-state index contributed by atoms with van der Waals surface area (Å²) < 4.78 is 9.96. The molecule has 3 aromatic rings. The number of methoxy groups -OCH3 is 2. The van der Waals surface area contributed by atoms with Gasteiger partial charge in [-0.05, 0) is 48.0 Å². The van der Waals surface area contributed by atoms with Crippen LogP contribution in [0.15, 0.2) is 60.8 Å². The number of rotatable bonds is 5. The molecule has 1 heterocycles. The SMILES string of the molecule is COC(=O)c1ccc(C=CC(=O)Nc2ccc(OC)c3ncccc23)cc1. The van der Waals surface area contributed by atoms with Gasteiger partial charge >= 0.3 is 5.97 Å². The van der Waals surface area contributed by atoms with Crippen molar-refractivity contribution in [3.63, 3.8) is 0 Å². The van der Waals surface area contributed by atoms with Crippen LogP contribution in [0.5, 0.6) is 5.75 Å². The number of nitrogens with one attached hydrogen (secondary N) is 1. The second kappa shape index (κ2) is 8.14. The van der Waals surface area contributed by atoms with Crippen molar-refractivity contribution in [3.05, 3.63) is 71.9 Å². The highest BCUT2D eigenvalue weighted by Crippen LogP contribution is 2.29. The number of benzene rings is 2. The average molecular weight is 362 g/mol. The molecule has 3 rings (SSSR count). The van der Waals surface area contributed by atoms with E-state index in [1.54, 1.807) is 61.8 Å². The number of pyridine rings is 1. The van der Waals surface area contributed by atoms with Crippen LogP contribution in [0.4, 0.5) is 5.69 Å². The maximum absolute atomic E-state index is 12.3. The lowest BCUT2D eigenvalue weighted by Crippen LogP contribution is -2.08. The summed E-state index contributed by atoms with van der Waals surface area (Å²) in [7, 11) is 2.91. The number of amides is 1. The Kier molecular flexibility index (Phi) is 5.47. The number of carbonyl (C=O) groups is 2. The van der Waals surface area contributed by atoms with E-state index in [2.05, 4.69) is 15.0 Å². The van der Waals surface area contributed by atoms with Gasteiger partial charge in [0.15, 0.2) is 0 Å². The molecule has 1 N–H and O–H groups in total. The normalized spacial score (nSPS) is 10.7. The predicted molar refractivity (Wildman–Crippen MR) is 104 cm³/mol. The Morgan fingerprint density at radius 3 is 2.52 bits per heavy atom. The maximum atomic E-state index is 12.3. The van der Waals surface area contributed by atoms with Gasteiger partial charge in [-0.25, -0.2) is 4.79 Å². The first-order valence-electron chi connectivity index (χ1n) is 8.21. The number of nitrogens with zero attached hydrogens (tertiary/aromatic N) is 1. The molecule has 0 unspecified atom stereocenters. The largest absolute Gasteiger partial charge is 0.494 e. The smallest absolute Gasteiger partial charge is 0.337 e. The van der Waals surface area contributed by atoms with Crippen LogP contribution in [0.1, 0.15) is 15.9 Å². The number of hydrogen-bond donors (Lipinski definition) is 1. The molecule has 0 saturated carbocycles. The summed E-state index contributed by atoms with van der Waals surface area (Å²) in [6.45, 7) is 0. The topological polar surface area (TPSA) is 77.5 Å². The van der Waals surface area contributed by atoms with Crippen LogP contribution in [0, 0.1) is 0 Å². The van der Waals surface area contributed by atoms with Crippen LogP contribution in [-0.4, -0.2) is 31.1 Å². The first kappa shape index (κ1) is 18.1. The van der Waals surface area contributed by atoms with E-state index in [0.29, 0.717) is 22.5 Å². The fraction of sp³-hybridized carbons (Fsp3) is 0.0952. The standard InChI is InChI=1S/C21H18N2O4/c1-26-18-11-10-17(16-4-3-13-22-20(16)18)23-19(24)12-7-14-5-8-15(9-6-14)21(25)27-2/h3-13H,1-2H3,(H,23,24). The molecule has 6 heteroatoms. The summed E-state index contributed by atoms with van der Waals surface area (Å²) in [6, 6.07) is 14.0. The zero-order valence-electron chi connectivity index (χ0n) is 14.9. The number of carbonyl (C=O) groups excluding carboxylic acids is 2. The number of fused-ring (bicyclic) bond motifs is 1. The summed E-state index contributed by atoms with van der Waals surface area (Å²) in [6.07, 6.45) is 4.77. The summed E-state index contributed by atoms with van der Waals surface area (Å²) >= 11 is 0. The van der Waals surface area contributed by atoms with Crippen molar-refractivity contribution >= 4 is 34.5 Å². The molecular weight excluding hydrogens is 344 g/mol. The Labute approximate surface area is 156 Å². The van der Waals surface area contributed by atoms with E-state index in [4.69, 9.17) is 4.74 Å². The lowest BCUT2D eigenvalue weighted by Gasteiger charge is -2.09. The van der Waals surface area contributed by atoms with E-state index in [1.807, 2.05) is 6.07 Å². The third-order valence-corrected chi connectivity index (χ3v) is 3.97. The summed E-state index contributed by atoms with van der Waals surface area (Å²) in [5.74, 6) is -0.0320. The van der Waals surface area contributed by atoms with Gasteiger partial charge in [0, 0.05) is 17.7 Å². The molecule has 1 amide bonds. The van der Waals surface area contributed by atoms with Crippen LogP contribution >= 0.6 is 0 Å². The van der Waals surface area contributed by atoms with E-state index in [0.717, 1.165) is 10.9 Å². The van der Waals surface area contributed by atoms with Gasteiger partial charge in [0.05, 0.1) is 25.5 Å². The minimum atomic E-state index is -0.400. The van der Waals surface area contributed by atoms with Gasteiger partial charge in [-0.15, -0.1) is 0 Å². The molecule has 1 aromatic heterocycles. The third kappa shape index (κ3) is 4.12. The van der Waals surface area contributed by atoms with Crippen LogP contribution in [0.3, 0.4) is 0 Å². The van der Waals surface area contributed by atoms with Crippen LogP contribution in [0.2, 0.25) is 0 Å². The highest BCUT2D eigenvalue weighted by Gasteiger charge is 2.09. The second-order valence-electron chi connectivity index (χ2n) is 5.65. The molecule has 0 spiro atoms. The van der Waals surface area contributed by atoms with Crippen molar-refractivity contribution in [2.24, 2.45) is 0 Å². The second-order valence-corrected chi connectivity index (χ2v) is 5.65. The first-order valence-corrected chi connectivity index (χ1v) is 8.21. The first-order chi connectivity index (χ1) is 13.1. The molecular formula is C21H18N2O4. The highest BCUT2D eigenvalue weighted by atomic mass is 16.5. The van der Waals surface area contributed by atoms with Crippen molar-refractivity contribution in [2.45, 2.75) is 0 Å². The fourth-order valence-electron chi connectivity index (χ4n) is 2.61. The molecule has 0 radical (unpaired) electrons. The predicted octanol–water partition coefficient (Wildman–Crippen LogP) is 3.68. The van der Waals surface area contributed by atoms with Crippen molar-refractivity contribution in [2.75, 3.05) is 19.5 Å². The van der Waals surface area contributed by atoms with Crippen molar-refractivity contribution in [1.29, 1.82) is 0 Å². The number of esters is 1. The molecule has 0 aliphatic rings. The Morgan fingerprint density at radius 1 is 1.04 bits per heavy atom. The van der Waals surface area contributed by atoms with Gasteiger partial charge in [-0.2, -0.15) is 0 Å². The number of aromatic nitrogens is 1. The van der Waals surface area contributed by atoms with Crippen LogP contribution in [0.25, 0.3) is 17.0 Å². The average Bonchev–Trinajstić information content (AvgIpc) is 2.72. The van der Waals surface area contributed by atoms with Gasteiger partial charge in [-0.1, -0.05) is 12.1 Å². The molecule has 6 nitrogen and oxygen atoms in total. The maximum Gasteiger partial charge on any atom is 0.337 e. The number of hydrogen-bond acceptors (Lipinski definition) is 5. The lowest BCUT2D eigenvalue weighted by atomic mass is 10.1. The Hall–Kier alpha value is -3.67. The van der Waals surface area contributed by atoms with Crippen molar-refractivity contribution in [3.8, 4) is 5.75 Å². The lowest BCUT2D eigenvalue weighted by molar-refractivity contribution is -0.111. The van der Waals surface area contributed by atoms with Gasteiger partial charge < -0.3 is 14.8 Å². The minimum absolute atomic E-state index is 0.276. The monoisotopic (exact) mass is 362 g/mol. The van der Waals surface area contributed by atoms with E-state index >= 15 is 0 Å². The van der Waals surface area contributed by atoms with Gasteiger partial charge in [0.1, 0.15) is 11.3 Å². The zero-order valence-corrected chi connectivity index (χ0v) is 14.9. The molecule has 0 aliphatic carbocycles. The Balaban J connectivity index is 1.75. The molecule has 0 atom stereocenters. The van der Waals surface area contributed by atoms with Gasteiger partial charge in [-0.3, -0.25) is 9.78 Å². The molecule has 0 saturated heterocycles. The summed E-state index contributed by atoms with van der Waals surface area (Å²) in [5.41, 5.74) is 2.57. The van der Waals surface area contributed by atoms with Gasteiger partial charge in [0.25, 0.3) is 0 Å². The number of ether oxygens (including phenoxy) is 2. The fourth-order valence-corrected chi connectivity index (χ4v) is 2.61. The molecule has 0 bridgehead atoms. The highest BCUT2D eigenvalue weighted by molar-refractivity contribution is 6.07. The van der Waals surface area contributed by atoms with Gasteiger partial charge in [0.2, 0.25) is 5.91 Å².